The Kier molecular flexibility index (Phi) is 6.52. The van der Waals surface area contributed by atoms with Crippen molar-refractivity contribution in [2.75, 3.05) is 5.32 Å². The molecule has 1 aliphatic carbocycles. The van der Waals surface area contributed by atoms with Gasteiger partial charge in [-0.25, -0.2) is 4.98 Å². The number of nitrogens with one attached hydrogen (secondary N) is 1. The van der Waals surface area contributed by atoms with Crippen molar-refractivity contribution >= 4 is 28.1 Å². The van der Waals surface area contributed by atoms with E-state index in [4.69, 9.17) is 0 Å². The average Bonchev–Trinajstić information content (AvgIpc) is 2.69. The van der Waals surface area contributed by atoms with Crippen LogP contribution in [0.2, 0.25) is 0 Å². The minimum absolute atomic E-state index is 0.150. The summed E-state index contributed by atoms with van der Waals surface area (Å²) in [6.07, 6.45) is 11.4. The third kappa shape index (κ3) is 4.51. The minimum atomic E-state index is -0.693. The number of aromatic nitrogens is 2. The third-order valence-electron chi connectivity index (χ3n) is 5.93. The van der Waals surface area contributed by atoms with E-state index in [9.17, 15) is 9.90 Å². The standard InChI is InChI=1S/C25H31N3O2/c1-6-16(3)22(25(30)9-8-10-25)11-17(4)21(7-2)23-12-19-15-27-24(28-18(5)29)13-20(19)14-26-23/h7,11-15,30H,6,8-10H2,1-5H3,(H,27,28,29)/b17-11-,21-7+,22-16-. The number of hydrogen-bond donors (Lipinski definition) is 2. The first-order chi connectivity index (χ1) is 14.3. The first kappa shape index (κ1) is 21.9. The van der Waals surface area contributed by atoms with E-state index in [1.807, 2.05) is 25.3 Å². The zero-order valence-electron chi connectivity index (χ0n) is 18.5. The number of amides is 1. The maximum atomic E-state index is 11.3. The van der Waals surface area contributed by atoms with Gasteiger partial charge in [0.15, 0.2) is 0 Å². The van der Waals surface area contributed by atoms with E-state index in [1.54, 1.807) is 6.20 Å². The molecule has 0 aliphatic heterocycles. The van der Waals surface area contributed by atoms with Crippen molar-refractivity contribution in [3.05, 3.63) is 59.1 Å². The molecule has 2 N–H and O–H groups in total. The van der Waals surface area contributed by atoms with Gasteiger partial charge in [-0.2, -0.15) is 0 Å². The molecular formula is C25H31N3O2. The Bertz CT molecular complexity index is 1060. The summed E-state index contributed by atoms with van der Waals surface area (Å²) in [6, 6.07) is 3.84. The number of fused-ring (bicyclic) bond motifs is 1. The Morgan fingerprint density at radius 1 is 1.17 bits per heavy atom. The van der Waals surface area contributed by atoms with Crippen LogP contribution in [0, 0.1) is 0 Å². The summed E-state index contributed by atoms with van der Waals surface area (Å²) < 4.78 is 0. The van der Waals surface area contributed by atoms with Crippen LogP contribution in [0.15, 0.2) is 53.4 Å². The quantitative estimate of drug-likeness (QED) is 0.615. The molecule has 1 fully saturated rings. The number of rotatable bonds is 6. The summed E-state index contributed by atoms with van der Waals surface area (Å²) in [5, 5.41) is 15.6. The fourth-order valence-corrected chi connectivity index (χ4v) is 3.93. The molecule has 2 aromatic heterocycles. The molecule has 0 aromatic carbocycles. The molecule has 158 valence electrons. The Hall–Kier alpha value is -2.79. The first-order valence-electron chi connectivity index (χ1n) is 10.6. The van der Waals surface area contributed by atoms with E-state index in [0.29, 0.717) is 5.82 Å². The number of anilines is 1. The highest BCUT2D eigenvalue weighted by molar-refractivity contribution is 5.92. The molecule has 0 atom stereocenters. The van der Waals surface area contributed by atoms with Crippen molar-refractivity contribution < 1.29 is 9.90 Å². The van der Waals surface area contributed by atoms with Gasteiger partial charge in [-0.3, -0.25) is 9.78 Å². The van der Waals surface area contributed by atoms with Gasteiger partial charge in [-0.05, 0) is 75.3 Å². The van der Waals surface area contributed by atoms with Crippen molar-refractivity contribution in [1.29, 1.82) is 0 Å². The maximum Gasteiger partial charge on any atom is 0.222 e. The summed E-state index contributed by atoms with van der Waals surface area (Å²) in [5.41, 5.74) is 4.56. The van der Waals surface area contributed by atoms with Gasteiger partial charge in [0.05, 0.1) is 11.3 Å². The second-order valence-corrected chi connectivity index (χ2v) is 8.13. The molecule has 0 radical (unpaired) electrons. The van der Waals surface area contributed by atoms with E-state index in [1.165, 1.54) is 12.5 Å². The smallest absolute Gasteiger partial charge is 0.222 e. The van der Waals surface area contributed by atoms with Gasteiger partial charge in [0.1, 0.15) is 5.82 Å². The fourth-order valence-electron chi connectivity index (χ4n) is 3.93. The number of pyridine rings is 2. The zero-order chi connectivity index (χ0) is 21.9. The number of carbonyl (C=O) groups excluding carboxylic acids is 1. The molecular weight excluding hydrogens is 374 g/mol. The van der Waals surface area contributed by atoms with Gasteiger partial charge in [-0.1, -0.05) is 24.6 Å². The van der Waals surface area contributed by atoms with Crippen molar-refractivity contribution in [1.82, 2.24) is 9.97 Å². The molecule has 0 spiro atoms. The van der Waals surface area contributed by atoms with Crippen molar-refractivity contribution in [3.63, 3.8) is 0 Å². The van der Waals surface area contributed by atoms with Gasteiger partial charge in [0.25, 0.3) is 0 Å². The Labute approximate surface area is 178 Å². The van der Waals surface area contributed by atoms with Crippen LogP contribution >= 0.6 is 0 Å². The lowest BCUT2D eigenvalue weighted by Gasteiger charge is -2.39. The van der Waals surface area contributed by atoms with Crippen LogP contribution in [0.1, 0.15) is 66.0 Å². The maximum absolute atomic E-state index is 11.3. The van der Waals surface area contributed by atoms with Gasteiger partial charge in [0.2, 0.25) is 5.91 Å². The molecule has 5 heteroatoms. The number of carbonyl (C=O) groups is 1. The Morgan fingerprint density at radius 3 is 2.40 bits per heavy atom. The highest BCUT2D eigenvalue weighted by Gasteiger charge is 2.38. The number of allylic oxidation sites excluding steroid dienone is 4. The molecule has 1 amide bonds. The Balaban J connectivity index is 1.97. The van der Waals surface area contributed by atoms with Crippen LogP contribution in [-0.2, 0) is 4.79 Å². The number of hydrogen-bond acceptors (Lipinski definition) is 4. The highest BCUT2D eigenvalue weighted by atomic mass is 16.3. The minimum Gasteiger partial charge on any atom is -0.385 e. The van der Waals surface area contributed by atoms with Crippen LogP contribution in [0.25, 0.3) is 16.3 Å². The topological polar surface area (TPSA) is 75.1 Å². The second-order valence-electron chi connectivity index (χ2n) is 8.13. The van der Waals surface area contributed by atoms with Gasteiger partial charge >= 0.3 is 0 Å². The summed E-state index contributed by atoms with van der Waals surface area (Å²) in [4.78, 5) is 20.2. The molecule has 0 bridgehead atoms. The molecule has 0 unspecified atom stereocenters. The van der Waals surface area contributed by atoms with Crippen molar-refractivity contribution in [2.24, 2.45) is 0 Å². The SMILES string of the molecule is C\C=C(/C(C)=C\C(=C(/C)CC)C1(O)CCC1)c1cc2cnc(NC(C)=O)cc2cn1. The van der Waals surface area contributed by atoms with E-state index < -0.39 is 5.60 Å². The highest BCUT2D eigenvalue weighted by Crippen LogP contribution is 2.41. The molecule has 2 heterocycles. The Morgan fingerprint density at radius 2 is 1.83 bits per heavy atom. The van der Waals surface area contributed by atoms with Crippen LogP contribution in [0.3, 0.4) is 0 Å². The molecule has 30 heavy (non-hydrogen) atoms. The lowest BCUT2D eigenvalue weighted by Crippen LogP contribution is -2.39. The van der Waals surface area contributed by atoms with Crippen LogP contribution in [0.5, 0.6) is 0 Å². The van der Waals surface area contributed by atoms with Crippen molar-refractivity contribution in [3.8, 4) is 0 Å². The summed E-state index contributed by atoms with van der Waals surface area (Å²) in [7, 11) is 0. The molecule has 5 nitrogen and oxygen atoms in total. The second kappa shape index (κ2) is 8.92. The van der Waals surface area contributed by atoms with Gasteiger partial charge in [0, 0.05) is 30.1 Å². The van der Waals surface area contributed by atoms with E-state index in [-0.39, 0.29) is 5.91 Å². The molecule has 2 aromatic rings. The molecule has 1 saturated carbocycles. The third-order valence-corrected chi connectivity index (χ3v) is 5.93. The lowest BCUT2D eigenvalue weighted by molar-refractivity contribution is -0.114. The average molecular weight is 406 g/mol. The molecule has 3 rings (SSSR count). The normalized spacial score (nSPS) is 17.4. The number of aliphatic hydroxyl groups is 1. The van der Waals surface area contributed by atoms with E-state index in [2.05, 4.69) is 48.2 Å². The van der Waals surface area contributed by atoms with Crippen LogP contribution in [0.4, 0.5) is 5.82 Å². The fraction of sp³-hybridized carbons (Fsp3) is 0.400. The lowest BCUT2D eigenvalue weighted by atomic mass is 9.72. The van der Waals surface area contributed by atoms with Crippen molar-refractivity contribution in [2.45, 2.75) is 65.9 Å². The van der Waals surface area contributed by atoms with Gasteiger partial charge in [-0.15, -0.1) is 0 Å². The number of nitrogens with zero attached hydrogens (tertiary/aromatic N) is 2. The van der Waals surface area contributed by atoms with Crippen LogP contribution < -0.4 is 5.32 Å². The summed E-state index contributed by atoms with van der Waals surface area (Å²) in [5.74, 6) is 0.369. The monoisotopic (exact) mass is 405 g/mol. The van der Waals surface area contributed by atoms with E-state index in [0.717, 1.165) is 58.9 Å². The van der Waals surface area contributed by atoms with Gasteiger partial charge < -0.3 is 10.4 Å². The van der Waals surface area contributed by atoms with Crippen LogP contribution in [-0.4, -0.2) is 26.6 Å². The largest absolute Gasteiger partial charge is 0.385 e. The summed E-state index contributed by atoms with van der Waals surface area (Å²) in [6.45, 7) is 9.78. The summed E-state index contributed by atoms with van der Waals surface area (Å²) >= 11 is 0. The first-order valence-corrected chi connectivity index (χ1v) is 10.6. The van der Waals surface area contributed by atoms with E-state index >= 15 is 0 Å². The molecule has 1 aliphatic rings. The predicted octanol–water partition coefficient (Wildman–Crippen LogP) is 5.58. The molecule has 0 saturated heterocycles. The zero-order valence-corrected chi connectivity index (χ0v) is 18.5. The predicted molar refractivity (Wildman–Crippen MR) is 123 cm³/mol.